The maximum absolute atomic E-state index is 12.8. The van der Waals surface area contributed by atoms with E-state index in [1.807, 2.05) is 36.4 Å². The number of H-pyrrole nitrogens is 1. The number of nitrogens with two attached hydrogens (primary N) is 1. The second-order valence-electron chi connectivity index (χ2n) is 7.61. The van der Waals surface area contributed by atoms with Crippen molar-refractivity contribution in [3.8, 4) is 0 Å². The molecule has 32 heavy (non-hydrogen) atoms. The van der Waals surface area contributed by atoms with Crippen LogP contribution in [0.2, 0.25) is 0 Å². The average Bonchev–Trinajstić information content (AvgIpc) is 3.32. The molecule has 0 saturated carbocycles. The predicted octanol–water partition coefficient (Wildman–Crippen LogP) is 2.08. The molecule has 3 heterocycles. The van der Waals surface area contributed by atoms with Crippen molar-refractivity contribution in [2.45, 2.75) is 12.5 Å². The van der Waals surface area contributed by atoms with Gasteiger partial charge in [-0.05, 0) is 34.9 Å². The molecular weight excluding hydrogens is 406 g/mol. The molecule has 0 bridgehead atoms. The number of hydrogen-bond donors (Lipinski definition) is 3. The Labute approximate surface area is 185 Å². The summed E-state index contributed by atoms with van der Waals surface area (Å²) in [5.41, 5.74) is 8.75. The van der Waals surface area contributed by atoms with Crippen molar-refractivity contribution in [1.82, 2.24) is 20.2 Å². The van der Waals surface area contributed by atoms with E-state index < -0.39 is 5.91 Å². The summed E-state index contributed by atoms with van der Waals surface area (Å²) in [6, 6.07) is 13.0. The molecule has 4 rings (SSSR count). The van der Waals surface area contributed by atoms with Gasteiger partial charge in [-0.1, -0.05) is 30.3 Å². The molecule has 0 spiro atoms. The highest BCUT2D eigenvalue weighted by Gasteiger charge is 2.27. The van der Waals surface area contributed by atoms with Crippen molar-refractivity contribution in [1.29, 1.82) is 0 Å². The molecule has 0 radical (unpaired) electrons. The van der Waals surface area contributed by atoms with Crippen LogP contribution in [0.15, 0.2) is 67.1 Å². The summed E-state index contributed by atoms with van der Waals surface area (Å²) in [6.07, 6.45) is 8.12. The summed E-state index contributed by atoms with van der Waals surface area (Å²) in [4.78, 5) is 45.1. The van der Waals surface area contributed by atoms with Gasteiger partial charge in [0.2, 0.25) is 5.91 Å². The van der Waals surface area contributed by atoms with Crippen LogP contribution in [0.1, 0.15) is 43.5 Å². The van der Waals surface area contributed by atoms with Crippen LogP contribution in [-0.4, -0.2) is 45.7 Å². The number of pyridine rings is 1. The third kappa shape index (κ3) is 4.75. The van der Waals surface area contributed by atoms with Gasteiger partial charge in [0.25, 0.3) is 11.8 Å². The molecule has 8 nitrogen and oxygen atoms in total. The molecule has 8 heteroatoms. The average molecular weight is 429 g/mol. The number of benzene rings is 1. The van der Waals surface area contributed by atoms with Crippen LogP contribution in [-0.2, 0) is 11.3 Å². The molecule has 2 aromatic heterocycles. The molecule has 1 aromatic carbocycles. The first-order valence-electron chi connectivity index (χ1n) is 10.2. The van der Waals surface area contributed by atoms with Gasteiger partial charge in [-0.2, -0.15) is 0 Å². The SMILES string of the molecule is NC(=O)c1cc(C(=O)NCC2CN(C(=O)/C=C/c3cccnc3)Cc3ccccc32)c[nH]1. The summed E-state index contributed by atoms with van der Waals surface area (Å²) in [5, 5.41) is 2.90. The molecule has 4 N–H and O–H groups in total. The summed E-state index contributed by atoms with van der Waals surface area (Å²) in [6.45, 7) is 1.34. The molecule has 1 aliphatic rings. The van der Waals surface area contributed by atoms with Gasteiger partial charge in [0, 0.05) is 50.2 Å². The lowest BCUT2D eigenvalue weighted by atomic mass is 9.89. The fourth-order valence-electron chi connectivity index (χ4n) is 3.79. The predicted molar refractivity (Wildman–Crippen MR) is 120 cm³/mol. The van der Waals surface area contributed by atoms with E-state index in [1.54, 1.807) is 29.4 Å². The molecule has 1 atom stereocenters. The van der Waals surface area contributed by atoms with E-state index in [0.29, 0.717) is 25.2 Å². The van der Waals surface area contributed by atoms with Crippen molar-refractivity contribution in [3.63, 3.8) is 0 Å². The summed E-state index contributed by atoms with van der Waals surface area (Å²) in [5.74, 6) is -1.10. The van der Waals surface area contributed by atoms with Crippen molar-refractivity contribution >= 4 is 23.8 Å². The van der Waals surface area contributed by atoms with Gasteiger partial charge < -0.3 is 20.9 Å². The van der Waals surface area contributed by atoms with E-state index >= 15 is 0 Å². The van der Waals surface area contributed by atoms with Gasteiger partial charge in [0.05, 0.1) is 5.56 Å². The molecule has 3 amide bonds. The Bertz CT molecular complexity index is 1170. The summed E-state index contributed by atoms with van der Waals surface area (Å²) in [7, 11) is 0. The van der Waals surface area contributed by atoms with Crippen molar-refractivity contribution in [2.24, 2.45) is 5.73 Å². The van der Waals surface area contributed by atoms with Crippen molar-refractivity contribution in [3.05, 3.63) is 95.1 Å². The van der Waals surface area contributed by atoms with E-state index in [-0.39, 0.29) is 23.4 Å². The van der Waals surface area contributed by atoms with Crippen LogP contribution >= 0.6 is 0 Å². The number of hydrogen-bond acceptors (Lipinski definition) is 4. The third-order valence-corrected chi connectivity index (χ3v) is 5.43. The lowest BCUT2D eigenvalue weighted by Crippen LogP contribution is -2.41. The summed E-state index contributed by atoms with van der Waals surface area (Å²) >= 11 is 0. The first-order chi connectivity index (χ1) is 15.5. The van der Waals surface area contributed by atoms with Crippen molar-refractivity contribution < 1.29 is 14.4 Å². The van der Waals surface area contributed by atoms with Gasteiger partial charge >= 0.3 is 0 Å². The minimum absolute atomic E-state index is 0.0609. The lowest BCUT2D eigenvalue weighted by Gasteiger charge is -2.34. The monoisotopic (exact) mass is 429 g/mol. The maximum Gasteiger partial charge on any atom is 0.265 e. The maximum atomic E-state index is 12.8. The number of primary amides is 1. The molecular formula is C24H23N5O3. The van der Waals surface area contributed by atoms with Crippen LogP contribution < -0.4 is 11.1 Å². The van der Waals surface area contributed by atoms with Crippen LogP contribution in [0.4, 0.5) is 0 Å². The van der Waals surface area contributed by atoms with E-state index in [9.17, 15) is 14.4 Å². The van der Waals surface area contributed by atoms with Gasteiger partial charge in [-0.3, -0.25) is 19.4 Å². The van der Waals surface area contributed by atoms with Crippen LogP contribution in [0.3, 0.4) is 0 Å². The van der Waals surface area contributed by atoms with E-state index in [2.05, 4.69) is 15.3 Å². The zero-order chi connectivity index (χ0) is 22.5. The highest BCUT2D eigenvalue weighted by atomic mass is 16.2. The molecule has 162 valence electrons. The number of carbonyl (C=O) groups excluding carboxylic acids is 3. The number of rotatable bonds is 6. The lowest BCUT2D eigenvalue weighted by molar-refractivity contribution is -0.127. The zero-order valence-electron chi connectivity index (χ0n) is 17.3. The largest absolute Gasteiger partial charge is 0.364 e. The Morgan fingerprint density at radius 3 is 2.81 bits per heavy atom. The number of nitrogens with one attached hydrogen (secondary N) is 2. The Morgan fingerprint density at radius 2 is 2.06 bits per heavy atom. The topological polar surface area (TPSA) is 121 Å². The number of aromatic amines is 1. The fourth-order valence-corrected chi connectivity index (χ4v) is 3.79. The Hall–Kier alpha value is -4.20. The Balaban J connectivity index is 1.46. The first kappa shape index (κ1) is 21.0. The van der Waals surface area contributed by atoms with E-state index in [4.69, 9.17) is 5.73 Å². The molecule has 1 unspecified atom stereocenters. The first-order valence-corrected chi connectivity index (χ1v) is 10.2. The van der Waals surface area contributed by atoms with Crippen LogP contribution in [0, 0.1) is 0 Å². The van der Waals surface area contributed by atoms with Gasteiger partial charge in [0.1, 0.15) is 5.69 Å². The number of amides is 3. The highest BCUT2D eigenvalue weighted by Crippen LogP contribution is 2.28. The van der Waals surface area contributed by atoms with Gasteiger partial charge in [-0.15, -0.1) is 0 Å². The van der Waals surface area contributed by atoms with Crippen LogP contribution in [0.25, 0.3) is 6.08 Å². The normalized spacial score (nSPS) is 15.4. The van der Waals surface area contributed by atoms with Crippen LogP contribution in [0.5, 0.6) is 0 Å². The second-order valence-corrected chi connectivity index (χ2v) is 7.61. The number of carbonyl (C=O) groups is 3. The second kappa shape index (κ2) is 9.30. The highest BCUT2D eigenvalue weighted by molar-refractivity contribution is 5.98. The zero-order valence-corrected chi connectivity index (χ0v) is 17.3. The quantitative estimate of drug-likeness (QED) is 0.520. The third-order valence-electron chi connectivity index (χ3n) is 5.43. The number of fused-ring (bicyclic) bond motifs is 1. The summed E-state index contributed by atoms with van der Waals surface area (Å²) < 4.78 is 0. The Kier molecular flexibility index (Phi) is 6.12. The molecule has 0 aliphatic carbocycles. The standard InChI is InChI=1S/C24H23N5O3/c25-23(31)21-10-18(12-27-21)24(32)28-13-19-15-29(14-17-5-1-2-6-20(17)19)22(30)8-7-16-4-3-9-26-11-16/h1-12,19,27H,13-15H2,(H2,25,31)(H,28,32)/b8-7+. The van der Waals surface area contributed by atoms with Gasteiger partial charge in [0.15, 0.2) is 0 Å². The van der Waals surface area contributed by atoms with E-state index in [0.717, 1.165) is 16.7 Å². The smallest absolute Gasteiger partial charge is 0.265 e. The molecule has 1 aliphatic heterocycles. The van der Waals surface area contributed by atoms with Crippen molar-refractivity contribution in [2.75, 3.05) is 13.1 Å². The molecule has 0 fully saturated rings. The number of aromatic nitrogens is 2. The molecule has 3 aromatic rings. The number of nitrogens with zero attached hydrogens (tertiary/aromatic N) is 2. The van der Waals surface area contributed by atoms with E-state index in [1.165, 1.54) is 12.3 Å². The Morgan fingerprint density at radius 1 is 1.22 bits per heavy atom. The minimum Gasteiger partial charge on any atom is -0.364 e. The fraction of sp³-hybridized carbons (Fsp3) is 0.167. The van der Waals surface area contributed by atoms with Gasteiger partial charge in [-0.25, -0.2) is 0 Å². The minimum atomic E-state index is -0.626. The molecule has 0 saturated heterocycles.